The van der Waals surface area contributed by atoms with E-state index in [1.165, 1.54) is 83.5 Å². The molecule has 0 bridgehead atoms. The van der Waals surface area contributed by atoms with E-state index in [4.69, 9.17) is 9.47 Å². The van der Waals surface area contributed by atoms with Crippen LogP contribution >= 0.6 is 0 Å². The highest BCUT2D eigenvalue weighted by Crippen LogP contribution is 2.13. The SMILES string of the molecule is C=C(COCCCCCCCCCCCCCCCC)COC(=O)CCCCC[n+]1ccccc1.[Br-]. The maximum Gasteiger partial charge on any atom is 0.306 e. The van der Waals surface area contributed by atoms with Crippen LogP contribution in [-0.2, 0) is 20.8 Å². The predicted octanol–water partition coefficient (Wildman–Crippen LogP) is 5.14. The minimum atomic E-state index is -0.134. The largest absolute Gasteiger partial charge is 1.00 e. The first kappa shape index (κ1) is 34.8. The molecule has 208 valence electrons. The standard InChI is InChI=1S/C31H54NO3.BrH/c1-3-4-5-6-7-8-9-10-11-12-13-14-15-22-27-34-28-30(2)29-35-31(33)23-18-16-19-24-32-25-20-17-21-26-32;/h17,20-21,25-26H,2-16,18-19,22-24,27-29H2,1H3;1H/q+1;/p-1. The van der Waals surface area contributed by atoms with Crippen LogP contribution in [0.5, 0.6) is 0 Å². The lowest BCUT2D eigenvalue weighted by Crippen LogP contribution is -3.00. The van der Waals surface area contributed by atoms with Crippen molar-refractivity contribution in [3.05, 3.63) is 42.7 Å². The van der Waals surface area contributed by atoms with E-state index in [1.807, 2.05) is 18.2 Å². The molecule has 0 unspecified atom stereocenters. The smallest absolute Gasteiger partial charge is 0.306 e. The first-order chi connectivity index (χ1) is 17.2. The number of carbonyl (C=O) groups is 1. The third-order valence-electron chi connectivity index (χ3n) is 6.46. The van der Waals surface area contributed by atoms with E-state index in [1.54, 1.807) is 0 Å². The van der Waals surface area contributed by atoms with Crippen molar-refractivity contribution in [3.8, 4) is 0 Å². The van der Waals surface area contributed by atoms with E-state index in [0.29, 0.717) is 13.0 Å². The van der Waals surface area contributed by atoms with Gasteiger partial charge in [-0.25, -0.2) is 4.57 Å². The number of hydrogen-bond donors (Lipinski definition) is 0. The Morgan fingerprint density at radius 1 is 0.694 bits per heavy atom. The molecule has 1 aromatic heterocycles. The number of rotatable bonds is 25. The van der Waals surface area contributed by atoms with Gasteiger partial charge in [0, 0.05) is 31.6 Å². The number of esters is 1. The van der Waals surface area contributed by atoms with Crippen LogP contribution in [0.2, 0.25) is 0 Å². The van der Waals surface area contributed by atoms with Gasteiger partial charge in [-0.05, 0) is 24.8 Å². The van der Waals surface area contributed by atoms with Crippen LogP contribution in [0.4, 0.5) is 0 Å². The molecule has 0 radical (unpaired) electrons. The summed E-state index contributed by atoms with van der Waals surface area (Å²) >= 11 is 0. The summed E-state index contributed by atoms with van der Waals surface area (Å²) < 4.78 is 13.2. The van der Waals surface area contributed by atoms with Crippen LogP contribution in [0.3, 0.4) is 0 Å². The highest BCUT2D eigenvalue weighted by molar-refractivity contribution is 5.69. The molecule has 0 aliphatic carbocycles. The number of ether oxygens (including phenoxy) is 2. The number of unbranched alkanes of at least 4 members (excludes halogenated alkanes) is 15. The number of aryl methyl sites for hydroxylation is 1. The summed E-state index contributed by atoms with van der Waals surface area (Å²) in [5.41, 5.74) is 0.837. The second kappa shape index (κ2) is 26.9. The molecule has 0 aliphatic rings. The molecule has 36 heavy (non-hydrogen) atoms. The van der Waals surface area contributed by atoms with Gasteiger partial charge in [0.05, 0.1) is 6.61 Å². The van der Waals surface area contributed by atoms with E-state index in [2.05, 4.69) is 30.5 Å². The Hall–Kier alpha value is -1.20. The van der Waals surface area contributed by atoms with Gasteiger partial charge in [-0.3, -0.25) is 4.79 Å². The summed E-state index contributed by atoms with van der Waals surface area (Å²) in [6.45, 7) is 8.77. The van der Waals surface area contributed by atoms with Gasteiger partial charge in [-0.1, -0.05) is 103 Å². The number of nitrogens with zero attached hydrogens (tertiary/aromatic N) is 1. The van der Waals surface area contributed by atoms with Gasteiger partial charge in [-0.15, -0.1) is 0 Å². The zero-order chi connectivity index (χ0) is 25.2. The van der Waals surface area contributed by atoms with Gasteiger partial charge in [-0.2, -0.15) is 0 Å². The topological polar surface area (TPSA) is 39.4 Å². The summed E-state index contributed by atoms with van der Waals surface area (Å²) in [5.74, 6) is -0.134. The molecule has 0 saturated carbocycles. The Bertz CT molecular complexity index is 624. The van der Waals surface area contributed by atoms with E-state index >= 15 is 0 Å². The van der Waals surface area contributed by atoms with Crippen molar-refractivity contribution in [2.75, 3.05) is 19.8 Å². The fourth-order valence-electron chi connectivity index (χ4n) is 4.24. The molecule has 0 spiro atoms. The van der Waals surface area contributed by atoms with Gasteiger partial charge in [0.2, 0.25) is 0 Å². The molecule has 5 heteroatoms. The van der Waals surface area contributed by atoms with Crippen LogP contribution in [0.1, 0.15) is 122 Å². The third kappa shape index (κ3) is 23.2. The third-order valence-corrected chi connectivity index (χ3v) is 6.46. The molecule has 1 rings (SSSR count). The molecular formula is C31H54BrNO3. The van der Waals surface area contributed by atoms with Gasteiger partial charge in [0.15, 0.2) is 12.4 Å². The fraction of sp³-hybridized carbons (Fsp3) is 0.742. The average molecular weight is 569 g/mol. The van der Waals surface area contributed by atoms with Crippen LogP contribution < -0.4 is 21.5 Å². The lowest BCUT2D eigenvalue weighted by Gasteiger charge is -2.09. The molecule has 0 saturated heterocycles. The minimum Gasteiger partial charge on any atom is -1.00 e. The number of pyridine rings is 1. The van der Waals surface area contributed by atoms with Crippen molar-refractivity contribution in [2.24, 2.45) is 0 Å². The molecular weight excluding hydrogens is 514 g/mol. The van der Waals surface area contributed by atoms with Crippen LogP contribution in [0, 0.1) is 0 Å². The summed E-state index contributed by atoms with van der Waals surface area (Å²) in [6, 6.07) is 6.09. The number of aromatic nitrogens is 1. The number of hydrogen-bond acceptors (Lipinski definition) is 3. The zero-order valence-corrected chi connectivity index (χ0v) is 24.8. The molecule has 0 aromatic carbocycles. The van der Waals surface area contributed by atoms with Crippen molar-refractivity contribution < 1.29 is 35.8 Å². The zero-order valence-electron chi connectivity index (χ0n) is 23.2. The Kier molecular flexibility index (Phi) is 26.0. The molecule has 0 N–H and O–H groups in total. The second-order valence-electron chi connectivity index (χ2n) is 9.98. The first-order valence-corrected chi connectivity index (χ1v) is 14.6. The van der Waals surface area contributed by atoms with Crippen molar-refractivity contribution in [1.29, 1.82) is 0 Å². The first-order valence-electron chi connectivity index (χ1n) is 14.6. The van der Waals surface area contributed by atoms with Crippen molar-refractivity contribution >= 4 is 5.97 Å². The normalized spacial score (nSPS) is 10.7. The summed E-state index contributed by atoms with van der Waals surface area (Å²) in [7, 11) is 0. The highest BCUT2D eigenvalue weighted by atomic mass is 79.9. The van der Waals surface area contributed by atoms with E-state index < -0.39 is 0 Å². The fourth-order valence-corrected chi connectivity index (χ4v) is 4.24. The van der Waals surface area contributed by atoms with Gasteiger partial charge in [0.25, 0.3) is 0 Å². The van der Waals surface area contributed by atoms with Crippen molar-refractivity contribution in [1.82, 2.24) is 0 Å². The van der Waals surface area contributed by atoms with Crippen LogP contribution in [0.25, 0.3) is 0 Å². The number of carbonyl (C=O) groups excluding carboxylic acids is 1. The van der Waals surface area contributed by atoms with Gasteiger partial charge >= 0.3 is 5.97 Å². The summed E-state index contributed by atoms with van der Waals surface area (Å²) in [6.07, 6.45) is 26.7. The van der Waals surface area contributed by atoms with Crippen LogP contribution in [-0.4, -0.2) is 25.8 Å². The second-order valence-corrected chi connectivity index (χ2v) is 9.98. The minimum absolute atomic E-state index is 0. The average Bonchev–Trinajstić information content (AvgIpc) is 2.87. The Labute approximate surface area is 233 Å². The molecule has 1 aromatic rings. The van der Waals surface area contributed by atoms with Crippen LogP contribution in [0.15, 0.2) is 42.7 Å². The lowest BCUT2D eigenvalue weighted by molar-refractivity contribution is -0.697. The molecule has 4 nitrogen and oxygen atoms in total. The van der Waals surface area contributed by atoms with Crippen molar-refractivity contribution in [3.63, 3.8) is 0 Å². The molecule has 0 aliphatic heterocycles. The Morgan fingerprint density at radius 2 is 1.22 bits per heavy atom. The van der Waals surface area contributed by atoms with Gasteiger partial charge < -0.3 is 26.5 Å². The predicted molar refractivity (Wildman–Crippen MR) is 146 cm³/mol. The van der Waals surface area contributed by atoms with E-state index in [9.17, 15) is 4.79 Å². The van der Waals surface area contributed by atoms with Gasteiger partial charge in [0.1, 0.15) is 13.2 Å². The molecule has 0 atom stereocenters. The Morgan fingerprint density at radius 3 is 1.81 bits per heavy atom. The lowest BCUT2D eigenvalue weighted by atomic mass is 10.0. The molecule has 1 heterocycles. The van der Waals surface area contributed by atoms with E-state index in [-0.39, 0.29) is 29.6 Å². The summed E-state index contributed by atoms with van der Waals surface area (Å²) in [5, 5.41) is 0. The number of halogens is 1. The monoisotopic (exact) mass is 567 g/mol. The maximum atomic E-state index is 11.9. The summed E-state index contributed by atoms with van der Waals surface area (Å²) in [4.78, 5) is 11.9. The quantitative estimate of drug-likeness (QED) is 0.0710. The highest BCUT2D eigenvalue weighted by Gasteiger charge is 2.05. The Balaban J connectivity index is 0.0000122. The van der Waals surface area contributed by atoms with Crippen molar-refractivity contribution in [2.45, 2.75) is 129 Å². The van der Waals surface area contributed by atoms with E-state index in [0.717, 1.165) is 44.4 Å². The maximum absolute atomic E-state index is 11.9. The molecule has 0 fully saturated rings. The molecule has 0 amide bonds.